The molecule has 0 aliphatic heterocycles. The second-order valence-electron chi connectivity index (χ2n) is 4.68. The lowest BCUT2D eigenvalue weighted by Gasteiger charge is -2.29. The minimum Gasteiger partial charge on any atom is -0.489 e. The zero-order valence-electron chi connectivity index (χ0n) is 11.3. The first-order valence-corrected chi connectivity index (χ1v) is 7.05. The van der Waals surface area contributed by atoms with Crippen molar-refractivity contribution in [3.05, 3.63) is 28.2 Å². The molecular weight excluding hydrogens is 321 g/mol. The van der Waals surface area contributed by atoms with E-state index in [-0.39, 0.29) is 13.2 Å². The van der Waals surface area contributed by atoms with Gasteiger partial charge in [-0.15, -0.1) is 0 Å². The third kappa shape index (κ3) is 5.60. The summed E-state index contributed by atoms with van der Waals surface area (Å²) in [6, 6.07) is 4.73. The summed E-state index contributed by atoms with van der Waals surface area (Å²) in [7, 11) is 0. The average molecular weight is 340 g/mol. The van der Waals surface area contributed by atoms with Gasteiger partial charge in [-0.1, -0.05) is 23.2 Å². The molecule has 6 nitrogen and oxygen atoms in total. The van der Waals surface area contributed by atoms with Gasteiger partial charge in [0, 0.05) is 17.6 Å². The standard InChI is InChI=1S/C13H19Cl2NO5/c14-9-1-2-11(15)12(3-9)21-5-10(20)4-16-13(6-17,7-18)8-19/h1-3,10,16-20H,4-8H2. The van der Waals surface area contributed by atoms with Crippen LogP contribution in [0.1, 0.15) is 0 Å². The summed E-state index contributed by atoms with van der Waals surface area (Å²) < 4.78 is 5.35. The molecule has 1 aromatic rings. The quantitative estimate of drug-likeness (QED) is 0.435. The lowest BCUT2D eigenvalue weighted by Crippen LogP contribution is -2.57. The number of aliphatic hydroxyl groups is 4. The van der Waals surface area contributed by atoms with E-state index in [1.165, 1.54) is 6.07 Å². The third-order valence-electron chi connectivity index (χ3n) is 2.95. The molecule has 0 aliphatic rings. The molecule has 5 N–H and O–H groups in total. The Hall–Kier alpha value is -0.600. The number of halogens is 2. The Morgan fingerprint density at radius 1 is 1.14 bits per heavy atom. The van der Waals surface area contributed by atoms with E-state index in [0.717, 1.165) is 0 Å². The topological polar surface area (TPSA) is 102 Å². The van der Waals surface area contributed by atoms with Crippen molar-refractivity contribution in [1.29, 1.82) is 0 Å². The van der Waals surface area contributed by atoms with E-state index in [4.69, 9.17) is 43.3 Å². The number of rotatable bonds is 9. The van der Waals surface area contributed by atoms with Gasteiger partial charge in [-0.25, -0.2) is 0 Å². The summed E-state index contributed by atoms with van der Waals surface area (Å²) in [6.07, 6.45) is -0.927. The van der Waals surface area contributed by atoms with Gasteiger partial charge >= 0.3 is 0 Å². The van der Waals surface area contributed by atoms with Gasteiger partial charge < -0.3 is 30.5 Å². The van der Waals surface area contributed by atoms with Crippen LogP contribution < -0.4 is 10.1 Å². The van der Waals surface area contributed by atoms with Crippen molar-refractivity contribution in [1.82, 2.24) is 5.32 Å². The first-order chi connectivity index (χ1) is 9.96. The Morgan fingerprint density at radius 3 is 2.33 bits per heavy atom. The van der Waals surface area contributed by atoms with Crippen molar-refractivity contribution in [2.45, 2.75) is 11.6 Å². The maximum atomic E-state index is 9.81. The summed E-state index contributed by atoms with van der Waals surface area (Å²) in [6.45, 7) is -1.44. The van der Waals surface area contributed by atoms with Crippen molar-refractivity contribution in [3.63, 3.8) is 0 Å². The molecule has 0 fully saturated rings. The van der Waals surface area contributed by atoms with Gasteiger partial charge in [0.2, 0.25) is 0 Å². The van der Waals surface area contributed by atoms with Gasteiger partial charge in [-0.3, -0.25) is 0 Å². The van der Waals surface area contributed by atoms with Crippen LogP contribution in [0.25, 0.3) is 0 Å². The second-order valence-corrected chi connectivity index (χ2v) is 5.52. The largest absolute Gasteiger partial charge is 0.489 e. The van der Waals surface area contributed by atoms with Gasteiger partial charge in [0.25, 0.3) is 0 Å². The highest BCUT2D eigenvalue weighted by molar-refractivity contribution is 6.34. The maximum absolute atomic E-state index is 9.81. The molecule has 0 saturated carbocycles. The van der Waals surface area contributed by atoms with E-state index in [9.17, 15) is 5.11 Å². The van der Waals surface area contributed by atoms with Gasteiger partial charge in [0.05, 0.1) is 30.4 Å². The number of nitrogens with one attached hydrogen (secondary N) is 1. The second kappa shape index (κ2) is 8.75. The molecule has 0 radical (unpaired) electrons. The number of hydrogen-bond donors (Lipinski definition) is 5. The third-order valence-corrected chi connectivity index (χ3v) is 3.49. The van der Waals surface area contributed by atoms with Crippen molar-refractivity contribution in [3.8, 4) is 5.75 Å². The summed E-state index contributed by atoms with van der Waals surface area (Å²) >= 11 is 11.7. The van der Waals surface area contributed by atoms with Crippen LogP contribution >= 0.6 is 23.2 Å². The molecule has 0 aromatic heterocycles. The fourth-order valence-electron chi connectivity index (χ4n) is 1.48. The molecule has 21 heavy (non-hydrogen) atoms. The molecule has 1 unspecified atom stereocenters. The van der Waals surface area contributed by atoms with Crippen LogP contribution in [0.2, 0.25) is 10.0 Å². The predicted octanol–water partition coefficient (Wildman–Crippen LogP) is 0.0384. The summed E-state index contributed by atoms with van der Waals surface area (Å²) in [5, 5.41) is 40.8. The molecule has 8 heteroatoms. The molecule has 1 rings (SSSR count). The van der Waals surface area contributed by atoms with Crippen LogP contribution in [0.4, 0.5) is 0 Å². The van der Waals surface area contributed by atoms with Gasteiger partial charge in [0.15, 0.2) is 0 Å². The molecule has 0 spiro atoms. The van der Waals surface area contributed by atoms with Crippen LogP contribution in [0.15, 0.2) is 18.2 Å². The van der Waals surface area contributed by atoms with Gasteiger partial charge in [-0.05, 0) is 12.1 Å². The minimum atomic E-state index is -1.24. The molecular formula is C13H19Cl2NO5. The van der Waals surface area contributed by atoms with Crippen molar-refractivity contribution in [2.24, 2.45) is 0 Å². The molecule has 0 saturated heterocycles. The monoisotopic (exact) mass is 339 g/mol. The minimum absolute atomic E-state index is 0.0138. The number of β-amino-alcohol motifs (C(OH)–C–C–N with tert-alkyl or cyclic N) is 1. The molecule has 0 amide bonds. The Bertz CT molecular complexity index is 434. The number of aliphatic hydroxyl groups excluding tert-OH is 4. The first kappa shape index (κ1) is 18.4. The highest BCUT2D eigenvalue weighted by Gasteiger charge is 2.28. The molecule has 0 aliphatic carbocycles. The zero-order valence-corrected chi connectivity index (χ0v) is 12.8. The SMILES string of the molecule is OCC(CO)(CO)NCC(O)COc1cc(Cl)ccc1Cl. The van der Waals surface area contributed by atoms with Crippen LogP contribution in [-0.2, 0) is 0 Å². The van der Waals surface area contributed by atoms with Crippen LogP contribution in [0.5, 0.6) is 5.75 Å². The van der Waals surface area contributed by atoms with E-state index < -0.39 is 31.5 Å². The highest BCUT2D eigenvalue weighted by atomic mass is 35.5. The Labute approximate surface area is 132 Å². The van der Waals surface area contributed by atoms with Gasteiger partial charge in [-0.2, -0.15) is 0 Å². The van der Waals surface area contributed by atoms with Crippen LogP contribution in [0, 0.1) is 0 Å². The molecule has 1 atom stereocenters. The van der Waals surface area contributed by atoms with E-state index in [1.54, 1.807) is 12.1 Å². The number of ether oxygens (including phenoxy) is 1. The maximum Gasteiger partial charge on any atom is 0.139 e. The number of benzene rings is 1. The average Bonchev–Trinajstić information content (AvgIpc) is 2.50. The van der Waals surface area contributed by atoms with E-state index >= 15 is 0 Å². The molecule has 120 valence electrons. The van der Waals surface area contributed by atoms with Crippen LogP contribution in [-0.4, -0.2) is 65.0 Å². The summed E-state index contributed by atoms with van der Waals surface area (Å²) in [5.41, 5.74) is -1.24. The highest BCUT2D eigenvalue weighted by Crippen LogP contribution is 2.27. The Balaban J connectivity index is 2.47. The molecule has 0 heterocycles. The lowest BCUT2D eigenvalue weighted by molar-refractivity contribution is 0.0261. The smallest absolute Gasteiger partial charge is 0.139 e. The number of hydrogen-bond acceptors (Lipinski definition) is 6. The summed E-state index contributed by atoms with van der Waals surface area (Å²) in [4.78, 5) is 0. The van der Waals surface area contributed by atoms with Crippen molar-refractivity contribution in [2.75, 3.05) is 33.0 Å². The predicted molar refractivity (Wildman–Crippen MR) is 80.0 cm³/mol. The fourth-order valence-corrected chi connectivity index (χ4v) is 1.82. The van der Waals surface area contributed by atoms with Gasteiger partial charge in [0.1, 0.15) is 18.5 Å². The molecule has 1 aromatic carbocycles. The fraction of sp³-hybridized carbons (Fsp3) is 0.538. The van der Waals surface area contributed by atoms with Crippen molar-refractivity contribution < 1.29 is 25.2 Å². The normalized spacial score (nSPS) is 13.2. The first-order valence-electron chi connectivity index (χ1n) is 6.30. The Kier molecular flexibility index (Phi) is 7.69. The van der Waals surface area contributed by atoms with E-state index in [0.29, 0.717) is 15.8 Å². The lowest BCUT2D eigenvalue weighted by atomic mass is 10.0. The van der Waals surface area contributed by atoms with Crippen LogP contribution in [0.3, 0.4) is 0 Å². The van der Waals surface area contributed by atoms with E-state index in [1.807, 2.05) is 0 Å². The zero-order chi connectivity index (χ0) is 15.9. The molecule has 0 bridgehead atoms. The van der Waals surface area contributed by atoms with Crippen molar-refractivity contribution >= 4 is 23.2 Å². The Morgan fingerprint density at radius 2 is 1.76 bits per heavy atom. The van der Waals surface area contributed by atoms with E-state index in [2.05, 4.69) is 5.32 Å². The summed E-state index contributed by atoms with van der Waals surface area (Å²) in [5.74, 6) is 0.348.